The summed E-state index contributed by atoms with van der Waals surface area (Å²) in [5.41, 5.74) is 2.66. The number of anilines is 2. The van der Waals surface area contributed by atoms with Crippen molar-refractivity contribution in [3.8, 4) is 11.1 Å². The minimum atomic E-state index is -2.52. The highest BCUT2D eigenvalue weighted by Crippen LogP contribution is 2.34. The van der Waals surface area contributed by atoms with Crippen LogP contribution in [0.5, 0.6) is 0 Å². The smallest absolute Gasteiger partial charge is 0.294 e. The summed E-state index contributed by atoms with van der Waals surface area (Å²) in [5, 5.41) is 0.531. The Morgan fingerprint density at radius 3 is 2.45 bits per heavy atom. The molecule has 1 aromatic heterocycles. The van der Waals surface area contributed by atoms with Crippen LogP contribution in [-0.4, -0.2) is 41.6 Å². The Bertz CT molecular complexity index is 1250. The van der Waals surface area contributed by atoms with Gasteiger partial charge < -0.3 is 0 Å². The highest BCUT2D eigenvalue weighted by atomic mass is 32.2. The number of hydrogen-bond acceptors (Lipinski definition) is 5. The molecule has 4 rings (SSSR count). The van der Waals surface area contributed by atoms with Gasteiger partial charge in [0.1, 0.15) is 10.0 Å². The first-order valence-electron chi connectivity index (χ1n) is 9.83. The van der Waals surface area contributed by atoms with Crippen molar-refractivity contribution in [2.45, 2.75) is 17.6 Å². The average molecular weight is 459 g/mol. The van der Waals surface area contributed by atoms with Gasteiger partial charge in [-0.05, 0) is 37.1 Å². The molecule has 9 heteroatoms. The van der Waals surface area contributed by atoms with Crippen molar-refractivity contribution in [1.82, 2.24) is 4.98 Å². The lowest BCUT2D eigenvalue weighted by molar-refractivity contribution is 0.248. The molecule has 2 heterocycles. The predicted octanol–water partition coefficient (Wildman–Crippen LogP) is 5.18. The lowest BCUT2D eigenvalue weighted by Crippen LogP contribution is -2.49. The van der Waals surface area contributed by atoms with Crippen LogP contribution in [0.15, 0.2) is 57.1 Å². The second-order valence-corrected chi connectivity index (χ2v) is 10.9. The lowest BCUT2D eigenvalue weighted by atomic mass is 10.0. The van der Waals surface area contributed by atoms with Crippen LogP contribution in [0.3, 0.4) is 0 Å². The van der Waals surface area contributed by atoms with Gasteiger partial charge in [0, 0.05) is 37.6 Å². The Labute approximate surface area is 185 Å². The summed E-state index contributed by atoms with van der Waals surface area (Å²) in [5.74, 6) is -0.281. The summed E-state index contributed by atoms with van der Waals surface area (Å²) in [4.78, 5) is 21.1. The predicted molar refractivity (Wildman–Crippen MR) is 124 cm³/mol. The maximum Gasteiger partial charge on any atom is 0.330 e. The molecule has 6 nitrogen and oxygen atoms in total. The fourth-order valence-corrected chi connectivity index (χ4v) is 6.22. The van der Waals surface area contributed by atoms with Crippen LogP contribution < -0.4 is 9.80 Å². The number of hydrogen-bond donors (Lipinski definition) is 0. The SMILES string of the molecule is CN=S(C)(=O)c1sc(N2CCCN(c3ccc(-c4ccccc4F)cc3)C2=O)nc1C. The molecule has 0 saturated carbocycles. The summed E-state index contributed by atoms with van der Waals surface area (Å²) >= 11 is 1.26. The largest absolute Gasteiger partial charge is 0.330 e. The Balaban J connectivity index is 1.61. The number of aryl methyl sites for hydroxylation is 1. The average Bonchev–Trinajstić information content (AvgIpc) is 3.17. The molecule has 0 bridgehead atoms. The van der Waals surface area contributed by atoms with E-state index in [0.29, 0.717) is 33.7 Å². The van der Waals surface area contributed by atoms with Crippen molar-refractivity contribution in [1.29, 1.82) is 0 Å². The monoisotopic (exact) mass is 458 g/mol. The molecular formula is C22H23FN4O2S2. The molecule has 1 aliphatic rings. The minimum Gasteiger partial charge on any atom is -0.294 e. The maximum absolute atomic E-state index is 14.1. The van der Waals surface area contributed by atoms with Crippen LogP contribution >= 0.6 is 11.3 Å². The van der Waals surface area contributed by atoms with Gasteiger partial charge >= 0.3 is 6.03 Å². The van der Waals surface area contributed by atoms with Crippen molar-refractivity contribution < 1.29 is 13.4 Å². The number of halogens is 1. The summed E-state index contributed by atoms with van der Waals surface area (Å²) in [6, 6.07) is 13.7. The molecule has 1 saturated heterocycles. The molecule has 1 fully saturated rings. The summed E-state index contributed by atoms with van der Waals surface area (Å²) in [6.45, 7) is 2.92. The van der Waals surface area contributed by atoms with E-state index in [2.05, 4.69) is 9.35 Å². The van der Waals surface area contributed by atoms with E-state index in [1.165, 1.54) is 24.5 Å². The van der Waals surface area contributed by atoms with Crippen molar-refractivity contribution in [2.75, 3.05) is 36.2 Å². The maximum atomic E-state index is 14.1. The zero-order valence-corrected chi connectivity index (χ0v) is 19.2. The van der Waals surface area contributed by atoms with Gasteiger partial charge in [-0.25, -0.2) is 22.7 Å². The van der Waals surface area contributed by atoms with Crippen LogP contribution in [0, 0.1) is 12.7 Å². The molecule has 0 aliphatic carbocycles. The van der Waals surface area contributed by atoms with E-state index >= 15 is 0 Å². The molecule has 2 aromatic carbocycles. The van der Waals surface area contributed by atoms with Crippen molar-refractivity contribution in [3.63, 3.8) is 0 Å². The molecule has 1 aliphatic heterocycles. The highest BCUT2D eigenvalue weighted by molar-refractivity contribution is 7.95. The number of amides is 2. The standard InChI is InChI=1S/C22H23FN4O2S2/c1-15-20(31(3,29)24-2)30-21(25-15)27-14-6-13-26(22(27)28)17-11-9-16(10-12-17)18-7-4-5-8-19(18)23/h4-5,7-12H,6,13-14H2,1-3H3. The molecule has 0 N–H and O–H groups in total. The van der Waals surface area contributed by atoms with Crippen LogP contribution in [0.25, 0.3) is 11.1 Å². The molecule has 0 radical (unpaired) electrons. The normalized spacial score (nSPS) is 16.3. The van der Waals surface area contributed by atoms with E-state index < -0.39 is 9.73 Å². The van der Waals surface area contributed by atoms with Gasteiger partial charge in [0.05, 0.1) is 15.4 Å². The van der Waals surface area contributed by atoms with Crippen molar-refractivity contribution in [2.24, 2.45) is 4.36 Å². The number of thiazole rings is 1. The molecule has 31 heavy (non-hydrogen) atoms. The van der Waals surface area contributed by atoms with Gasteiger partial charge in [-0.3, -0.25) is 9.80 Å². The third kappa shape index (κ3) is 4.07. The third-order valence-electron chi connectivity index (χ3n) is 5.26. The Morgan fingerprint density at radius 1 is 1.10 bits per heavy atom. The summed E-state index contributed by atoms with van der Waals surface area (Å²) in [7, 11) is -0.988. The first-order valence-corrected chi connectivity index (χ1v) is 12.6. The molecule has 1 atom stereocenters. The summed E-state index contributed by atoms with van der Waals surface area (Å²) < 4.78 is 31.3. The van der Waals surface area contributed by atoms with E-state index in [1.54, 1.807) is 41.2 Å². The van der Waals surface area contributed by atoms with Crippen LogP contribution in [0.2, 0.25) is 0 Å². The van der Waals surface area contributed by atoms with Gasteiger partial charge in [-0.1, -0.05) is 41.7 Å². The van der Waals surface area contributed by atoms with Gasteiger partial charge in [0.15, 0.2) is 5.13 Å². The molecule has 162 valence electrons. The second-order valence-electron chi connectivity index (χ2n) is 7.32. The number of carbonyl (C=O) groups is 1. The highest BCUT2D eigenvalue weighted by Gasteiger charge is 2.31. The third-order valence-corrected chi connectivity index (χ3v) is 9.09. The number of carbonyl (C=O) groups excluding carboxylic acids is 1. The van der Waals surface area contributed by atoms with Gasteiger partial charge in [0.2, 0.25) is 0 Å². The second kappa shape index (κ2) is 8.39. The molecular weight excluding hydrogens is 435 g/mol. The van der Waals surface area contributed by atoms with Crippen LogP contribution in [0.1, 0.15) is 12.1 Å². The van der Waals surface area contributed by atoms with E-state index in [1.807, 2.05) is 24.3 Å². The molecule has 0 spiro atoms. The van der Waals surface area contributed by atoms with Gasteiger partial charge in [-0.15, -0.1) is 0 Å². The Hall–Kier alpha value is -2.78. The molecule has 1 unspecified atom stereocenters. The zero-order valence-electron chi connectivity index (χ0n) is 17.5. The number of aromatic nitrogens is 1. The lowest BCUT2D eigenvalue weighted by Gasteiger charge is -2.34. The van der Waals surface area contributed by atoms with E-state index in [-0.39, 0.29) is 11.8 Å². The van der Waals surface area contributed by atoms with E-state index in [9.17, 15) is 13.4 Å². The van der Waals surface area contributed by atoms with Gasteiger partial charge in [-0.2, -0.15) is 0 Å². The zero-order chi connectivity index (χ0) is 22.2. The Kier molecular flexibility index (Phi) is 5.81. The van der Waals surface area contributed by atoms with E-state index in [0.717, 1.165) is 17.7 Å². The molecule has 3 aromatic rings. The topological polar surface area (TPSA) is 65.9 Å². The van der Waals surface area contributed by atoms with Crippen LogP contribution in [-0.2, 0) is 9.73 Å². The van der Waals surface area contributed by atoms with Gasteiger partial charge in [0.25, 0.3) is 0 Å². The first kappa shape index (κ1) is 21.5. The number of rotatable bonds is 4. The fraction of sp³-hybridized carbons (Fsp3) is 0.273. The molecule has 2 amide bonds. The number of nitrogens with zero attached hydrogens (tertiary/aromatic N) is 4. The number of urea groups is 1. The first-order chi connectivity index (χ1) is 14.8. The minimum absolute atomic E-state index is 0.179. The van der Waals surface area contributed by atoms with Crippen molar-refractivity contribution >= 4 is 37.9 Å². The Morgan fingerprint density at radius 2 is 1.77 bits per heavy atom. The summed E-state index contributed by atoms with van der Waals surface area (Å²) in [6.07, 6.45) is 2.35. The van der Waals surface area contributed by atoms with E-state index in [4.69, 9.17) is 0 Å². The quantitative estimate of drug-likeness (QED) is 0.541. The van der Waals surface area contributed by atoms with Crippen molar-refractivity contribution in [3.05, 3.63) is 60.0 Å². The van der Waals surface area contributed by atoms with Crippen LogP contribution in [0.4, 0.5) is 20.0 Å². The fourth-order valence-electron chi connectivity index (χ4n) is 3.58. The number of benzene rings is 2.